The van der Waals surface area contributed by atoms with Crippen molar-refractivity contribution >= 4 is 18.0 Å². The Morgan fingerprint density at radius 3 is 2.23 bits per heavy atom. The number of fused-ring (bicyclic) bond motifs is 3. The summed E-state index contributed by atoms with van der Waals surface area (Å²) in [5.41, 5.74) is 4.49. The maximum Gasteiger partial charge on any atom is 0.407 e. The fraction of sp³-hybridized carbons (Fsp3) is 0.444. The molecule has 1 fully saturated rings. The number of carbonyl (C=O) groups excluding carboxylic acids is 2. The zero-order chi connectivity index (χ0) is 25.1. The highest BCUT2D eigenvalue weighted by Crippen LogP contribution is 2.44. The molecular formula is C27H32N2O6. The molecule has 8 nitrogen and oxygen atoms in total. The first-order valence-corrected chi connectivity index (χ1v) is 12.0. The molecule has 0 radical (unpaired) electrons. The number of ether oxygens (including phenoxy) is 2. The van der Waals surface area contributed by atoms with Crippen molar-refractivity contribution in [2.45, 2.75) is 38.3 Å². The van der Waals surface area contributed by atoms with Crippen molar-refractivity contribution in [1.82, 2.24) is 10.2 Å². The minimum absolute atomic E-state index is 0.0618. The van der Waals surface area contributed by atoms with Gasteiger partial charge in [-0.25, -0.2) is 4.79 Å². The smallest absolute Gasteiger partial charge is 0.407 e. The highest BCUT2D eigenvalue weighted by molar-refractivity contribution is 5.86. The summed E-state index contributed by atoms with van der Waals surface area (Å²) >= 11 is 0. The lowest BCUT2D eigenvalue weighted by Gasteiger charge is -2.31. The van der Waals surface area contributed by atoms with Crippen molar-refractivity contribution in [3.05, 3.63) is 59.7 Å². The number of nitrogens with zero attached hydrogens (tertiary/aromatic N) is 1. The molecule has 0 aromatic heterocycles. The minimum atomic E-state index is -1.00. The molecule has 2 aromatic carbocycles. The monoisotopic (exact) mass is 480 g/mol. The molecule has 8 heteroatoms. The van der Waals surface area contributed by atoms with Crippen LogP contribution < -0.4 is 5.32 Å². The van der Waals surface area contributed by atoms with Crippen molar-refractivity contribution in [3.63, 3.8) is 0 Å². The van der Waals surface area contributed by atoms with E-state index in [1.165, 1.54) is 4.90 Å². The van der Waals surface area contributed by atoms with Gasteiger partial charge in [0.2, 0.25) is 5.91 Å². The summed E-state index contributed by atoms with van der Waals surface area (Å²) in [5, 5.41) is 12.2. The van der Waals surface area contributed by atoms with Crippen LogP contribution in [0.5, 0.6) is 0 Å². The highest BCUT2D eigenvalue weighted by atomic mass is 16.5. The number of nitrogens with one attached hydrogen (secondary N) is 1. The Bertz CT molecular complexity index is 1060. The Morgan fingerprint density at radius 2 is 1.66 bits per heavy atom. The van der Waals surface area contributed by atoms with Gasteiger partial charge in [0.05, 0.1) is 19.3 Å². The van der Waals surface area contributed by atoms with Crippen LogP contribution in [0.25, 0.3) is 11.1 Å². The molecule has 2 aliphatic rings. The van der Waals surface area contributed by atoms with Crippen LogP contribution in [-0.2, 0) is 19.1 Å². The predicted molar refractivity (Wildman–Crippen MR) is 130 cm³/mol. The van der Waals surface area contributed by atoms with Crippen LogP contribution in [0.4, 0.5) is 4.79 Å². The minimum Gasteiger partial charge on any atom is -0.481 e. The fourth-order valence-electron chi connectivity index (χ4n) is 5.05. The van der Waals surface area contributed by atoms with Gasteiger partial charge in [-0.1, -0.05) is 62.4 Å². The van der Waals surface area contributed by atoms with Crippen LogP contribution in [0, 0.1) is 11.8 Å². The van der Waals surface area contributed by atoms with Gasteiger partial charge in [-0.15, -0.1) is 0 Å². The number of hydrogen-bond acceptors (Lipinski definition) is 5. The molecule has 0 bridgehead atoms. The molecule has 1 heterocycles. The maximum absolute atomic E-state index is 13.3. The number of carboxylic acid groups (broad SMARTS) is 1. The first-order chi connectivity index (χ1) is 16.8. The zero-order valence-electron chi connectivity index (χ0n) is 20.3. The Morgan fingerprint density at radius 1 is 1.06 bits per heavy atom. The zero-order valence-corrected chi connectivity index (χ0v) is 20.3. The molecule has 0 saturated carbocycles. The Kier molecular flexibility index (Phi) is 7.40. The SMILES string of the molecule is CC(C)C[C@@H](NC(=O)OCC1c2ccccc2-c2ccccc21)C(=O)N(C)C1COCC1C(=O)O. The molecule has 2 aromatic rings. The standard InChI is InChI=1S/C27H32N2O6/c1-16(2)12-23(25(30)29(3)24-15-34-13-22(24)26(31)32)28-27(33)35-14-21-19-10-6-4-8-17(19)18-9-5-7-11-20(18)21/h4-11,16,21-24H,12-15H2,1-3H3,(H,28,33)(H,31,32)/t22?,23-,24?/m1/s1. The fourth-order valence-corrected chi connectivity index (χ4v) is 5.05. The molecule has 3 atom stereocenters. The maximum atomic E-state index is 13.3. The molecule has 0 spiro atoms. The van der Waals surface area contributed by atoms with E-state index in [4.69, 9.17) is 9.47 Å². The molecular weight excluding hydrogens is 448 g/mol. The summed E-state index contributed by atoms with van der Waals surface area (Å²) < 4.78 is 10.9. The van der Waals surface area contributed by atoms with Gasteiger partial charge in [0.15, 0.2) is 0 Å². The number of aliphatic carboxylic acids is 1. The van der Waals surface area contributed by atoms with Gasteiger partial charge in [-0.3, -0.25) is 9.59 Å². The molecule has 4 rings (SSSR count). The molecule has 1 aliphatic carbocycles. The summed E-state index contributed by atoms with van der Waals surface area (Å²) in [6, 6.07) is 14.8. The molecule has 35 heavy (non-hydrogen) atoms. The van der Waals surface area contributed by atoms with Gasteiger partial charge in [0.1, 0.15) is 18.6 Å². The van der Waals surface area contributed by atoms with E-state index >= 15 is 0 Å². The predicted octanol–water partition coefficient (Wildman–Crippen LogP) is 3.50. The lowest BCUT2D eigenvalue weighted by atomic mass is 9.98. The third-order valence-electron chi connectivity index (χ3n) is 6.85. The highest BCUT2D eigenvalue weighted by Gasteiger charge is 2.40. The number of carbonyl (C=O) groups is 3. The van der Waals surface area contributed by atoms with E-state index in [-0.39, 0.29) is 37.6 Å². The van der Waals surface area contributed by atoms with E-state index in [1.54, 1.807) is 7.05 Å². The summed E-state index contributed by atoms with van der Waals surface area (Å²) in [6.45, 7) is 4.28. The number of carboxylic acids is 1. The van der Waals surface area contributed by atoms with Gasteiger partial charge in [-0.2, -0.15) is 0 Å². The van der Waals surface area contributed by atoms with E-state index in [2.05, 4.69) is 17.4 Å². The van der Waals surface area contributed by atoms with E-state index in [0.717, 1.165) is 22.3 Å². The second kappa shape index (κ2) is 10.5. The third kappa shape index (κ3) is 5.17. The van der Waals surface area contributed by atoms with Crippen LogP contribution in [0.15, 0.2) is 48.5 Å². The second-order valence-corrected chi connectivity index (χ2v) is 9.65. The largest absolute Gasteiger partial charge is 0.481 e. The van der Waals surface area contributed by atoms with Gasteiger partial charge < -0.3 is 24.8 Å². The van der Waals surface area contributed by atoms with E-state index in [9.17, 15) is 19.5 Å². The van der Waals surface area contributed by atoms with Gasteiger partial charge >= 0.3 is 12.1 Å². The topological polar surface area (TPSA) is 105 Å². The lowest BCUT2D eigenvalue weighted by molar-refractivity contribution is -0.145. The molecule has 1 saturated heterocycles. The number of likely N-dealkylation sites (N-methyl/N-ethyl adjacent to an activating group) is 1. The number of amides is 2. The lowest BCUT2D eigenvalue weighted by Crippen LogP contribution is -2.53. The quantitative estimate of drug-likeness (QED) is 0.599. The van der Waals surface area contributed by atoms with Crippen LogP contribution in [0.1, 0.15) is 37.3 Å². The van der Waals surface area contributed by atoms with Gasteiger partial charge in [-0.05, 0) is 34.6 Å². The van der Waals surface area contributed by atoms with Crippen LogP contribution in [0.2, 0.25) is 0 Å². The molecule has 186 valence electrons. The Balaban J connectivity index is 1.43. The summed E-state index contributed by atoms with van der Waals surface area (Å²) in [4.78, 5) is 39.0. The van der Waals surface area contributed by atoms with Crippen LogP contribution in [-0.4, -0.2) is 66.9 Å². The number of rotatable bonds is 8. The first kappa shape index (κ1) is 24.7. The van der Waals surface area contributed by atoms with Gasteiger partial charge in [0, 0.05) is 13.0 Å². The number of benzene rings is 2. The van der Waals surface area contributed by atoms with Crippen LogP contribution in [0.3, 0.4) is 0 Å². The summed E-state index contributed by atoms with van der Waals surface area (Å²) in [6.07, 6.45) is -0.268. The molecule has 2 unspecified atom stereocenters. The third-order valence-corrected chi connectivity index (χ3v) is 6.85. The molecule has 1 aliphatic heterocycles. The Hall–Kier alpha value is -3.39. The number of alkyl carbamates (subject to hydrolysis) is 1. The number of hydrogen-bond donors (Lipinski definition) is 2. The molecule has 2 N–H and O–H groups in total. The summed E-state index contributed by atoms with van der Waals surface area (Å²) in [7, 11) is 1.56. The Labute approximate surface area is 205 Å². The van der Waals surface area contributed by atoms with Crippen molar-refractivity contribution in [2.24, 2.45) is 11.8 Å². The van der Waals surface area contributed by atoms with Crippen molar-refractivity contribution < 1.29 is 29.0 Å². The normalized spacial score (nSPS) is 19.7. The van der Waals surface area contributed by atoms with E-state index < -0.39 is 30.1 Å². The van der Waals surface area contributed by atoms with E-state index in [0.29, 0.717) is 6.42 Å². The molecule has 2 amide bonds. The van der Waals surface area contributed by atoms with Crippen molar-refractivity contribution in [2.75, 3.05) is 26.9 Å². The van der Waals surface area contributed by atoms with Crippen LogP contribution >= 0.6 is 0 Å². The average Bonchev–Trinajstić information content (AvgIpc) is 3.45. The average molecular weight is 481 g/mol. The van der Waals surface area contributed by atoms with Crippen molar-refractivity contribution in [3.8, 4) is 11.1 Å². The summed E-state index contributed by atoms with van der Waals surface area (Å²) in [5.74, 6) is -2.10. The van der Waals surface area contributed by atoms with Crippen molar-refractivity contribution in [1.29, 1.82) is 0 Å². The van der Waals surface area contributed by atoms with E-state index in [1.807, 2.05) is 50.2 Å². The second-order valence-electron chi connectivity index (χ2n) is 9.65. The van der Waals surface area contributed by atoms with Gasteiger partial charge in [0.25, 0.3) is 0 Å². The first-order valence-electron chi connectivity index (χ1n) is 12.0.